The standard InChI is InChI=1S/C15H18N2O3/c1-20-15(19)14-7-13(18)10-17(14)9-12(8-16)11-5-3-2-4-6-11/h2-6,12-14,18H,7,9-10H2,1H3. The van der Waals surface area contributed by atoms with Crippen molar-refractivity contribution in [1.82, 2.24) is 4.90 Å². The van der Waals surface area contributed by atoms with Crippen LogP contribution in [0.1, 0.15) is 17.9 Å². The summed E-state index contributed by atoms with van der Waals surface area (Å²) >= 11 is 0. The number of ether oxygens (including phenoxy) is 1. The molecular weight excluding hydrogens is 256 g/mol. The zero-order valence-electron chi connectivity index (χ0n) is 11.4. The van der Waals surface area contributed by atoms with E-state index < -0.39 is 12.1 Å². The van der Waals surface area contributed by atoms with Crippen molar-refractivity contribution in [3.05, 3.63) is 35.9 Å². The van der Waals surface area contributed by atoms with Crippen LogP contribution >= 0.6 is 0 Å². The molecule has 1 saturated heterocycles. The van der Waals surface area contributed by atoms with Crippen molar-refractivity contribution >= 4 is 5.97 Å². The Morgan fingerprint density at radius 1 is 1.55 bits per heavy atom. The van der Waals surface area contributed by atoms with Gasteiger partial charge in [-0.2, -0.15) is 5.26 Å². The van der Waals surface area contributed by atoms with Gasteiger partial charge in [0.1, 0.15) is 6.04 Å². The molecule has 20 heavy (non-hydrogen) atoms. The van der Waals surface area contributed by atoms with Crippen molar-refractivity contribution in [1.29, 1.82) is 5.26 Å². The van der Waals surface area contributed by atoms with Crippen molar-refractivity contribution in [2.75, 3.05) is 20.2 Å². The number of β-amino-alcohol motifs (C(OH)–C–C–N with tert-alkyl or cyclic N) is 1. The van der Waals surface area contributed by atoms with Crippen LogP contribution < -0.4 is 0 Å². The van der Waals surface area contributed by atoms with Gasteiger partial charge in [-0.3, -0.25) is 9.69 Å². The fourth-order valence-electron chi connectivity index (χ4n) is 2.60. The minimum absolute atomic E-state index is 0.325. The molecule has 3 unspecified atom stereocenters. The quantitative estimate of drug-likeness (QED) is 0.826. The second-order valence-electron chi connectivity index (χ2n) is 4.97. The zero-order chi connectivity index (χ0) is 14.5. The molecule has 0 spiro atoms. The first-order chi connectivity index (χ1) is 9.65. The average Bonchev–Trinajstić information content (AvgIpc) is 2.85. The molecule has 0 amide bonds. The minimum atomic E-state index is -0.547. The fourth-order valence-corrected chi connectivity index (χ4v) is 2.60. The molecule has 2 rings (SSSR count). The number of hydrogen-bond acceptors (Lipinski definition) is 5. The van der Waals surface area contributed by atoms with Gasteiger partial charge >= 0.3 is 5.97 Å². The number of nitriles is 1. The maximum Gasteiger partial charge on any atom is 0.323 e. The number of likely N-dealkylation sites (tertiary alicyclic amines) is 1. The average molecular weight is 274 g/mol. The monoisotopic (exact) mass is 274 g/mol. The number of carbonyl (C=O) groups is 1. The van der Waals surface area contributed by atoms with Gasteiger partial charge in [0.15, 0.2) is 0 Å². The highest BCUT2D eigenvalue weighted by molar-refractivity contribution is 5.76. The molecule has 1 fully saturated rings. The second kappa shape index (κ2) is 6.51. The van der Waals surface area contributed by atoms with Crippen molar-refractivity contribution in [3.8, 4) is 6.07 Å². The Morgan fingerprint density at radius 2 is 2.25 bits per heavy atom. The third kappa shape index (κ3) is 3.16. The van der Waals surface area contributed by atoms with Crippen LogP contribution in [0.25, 0.3) is 0 Å². The molecule has 1 aliphatic heterocycles. The Kier molecular flexibility index (Phi) is 4.72. The summed E-state index contributed by atoms with van der Waals surface area (Å²) in [5.74, 6) is -0.681. The lowest BCUT2D eigenvalue weighted by atomic mass is 10.00. The molecule has 1 aliphatic rings. The van der Waals surface area contributed by atoms with Crippen LogP contribution in [0.15, 0.2) is 30.3 Å². The number of aliphatic hydroxyl groups excluding tert-OH is 1. The molecule has 1 aromatic carbocycles. The van der Waals surface area contributed by atoms with Crippen LogP contribution in [0.5, 0.6) is 0 Å². The number of nitrogens with zero attached hydrogens (tertiary/aromatic N) is 2. The van der Waals surface area contributed by atoms with E-state index in [1.54, 1.807) is 0 Å². The van der Waals surface area contributed by atoms with Crippen LogP contribution in [0, 0.1) is 11.3 Å². The molecule has 5 heteroatoms. The number of hydrogen-bond donors (Lipinski definition) is 1. The fraction of sp³-hybridized carbons (Fsp3) is 0.467. The first-order valence-corrected chi connectivity index (χ1v) is 6.60. The Labute approximate surface area is 118 Å². The normalized spacial score (nSPS) is 24.1. The van der Waals surface area contributed by atoms with Crippen molar-refractivity contribution < 1.29 is 14.6 Å². The molecular formula is C15H18N2O3. The highest BCUT2D eigenvalue weighted by Crippen LogP contribution is 2.24. The van der Waals surface area contributed by atoms with E-state index in [1.165, 1.54) is 7.11 Å². The van der Waals surface area contributed by atoms with E-state index in [0.717, 1.165) is 5.56 Å². The van der Waals surface area contributed by atoms with Gasteiger partial charge < -0.3 is 9.84 Å². The van der Waals surface area contributed by atoms with E-state index in [4.69, 9.17) is 4.74 Å². The van der Waals surface area contributed by atoms with Crippen molar-refractivity contribution in [2.45, 2.75) is 24.5 Å². The number of esters is 1. The second-order valence-corrected chi connectivity index (χ2v) is 4.97. The molecule has 1 heterocycles. The summed E-state index contributed by atoms with van der Waals surface area (Å²) in [4.78, 5) is 13.5. The minimum Gasteiger partial charge on any atom is -0.468 e. The largest absolute Gasteiger partial charge is 0.468 e. The van der Waals surface area contributed by atoms with Gasteiger partial charge in [0.05, 0.1) is 25.2 Å². The molecule has 0 aliphatic carbocycles. The van der Waals surface area contributed by atoms with E-state index >= 15 is 0 Å². The highest BCUT2D eigenvalue weighted by atomic mass is 16.5. The topological polar surface area (TPSA) is 73.6 Å². The third-order valence-corrected chi connectivity index (χ3v) is 3.63. The summed E-state index contributed by atoms with van der Waals surface area (Å²) in [6.07, 6.45) is -0.186. The van der Waals surface area contributed by atoms with Crippen molar-refractivity contribution in [2.24, 2.45) is 0 Å². The first-order valence-electron chi connectivity index (χ1n) is 6.60. The van der Waals surface area contributed by atoms with Crippen LogP contribution in [0.4, 0.5) is 0 Å². The summed E-state index contributed by atoms with van der Waals surface area (Å²) in [5, 5.41) is 19.1. The maximum absolute atomic E-state index is 11.7. The van der Waals surface area contributed by atoms with Gasteiger partial charge in [-0.1, -0.05) is 30.3 Å². The highest BCUT2D eigenvalue weighted by Gasteiger charge is 2.37. The van der Waals surface area contributed by atoms with Gasteiger partial charge in [0, 0.05) is 19.5 Å². The molecule has 1 aromatic rings. The van der Waals surface area contributed by atoms with E-state index in [9.17, 15) is 15.2 Å². The Bertz CT molecular complexity index is 498. The summed E-state index contributed by atoms with van der Waals surface area (Å²) in [7, 11) is 1.34. The maximum atomic E-state index is 11.7. The number of benzene rings is 1. The number of rotatable bonds is 4. The third-order valence-electron chi connectivity index (χ3n) is 3.63. The van der Waals surface area contributed by atoms with Gasteiger partial charge in [0.25, 0.3) is 0 Å². The molecule has 5 nitrogen and oxygen atoms in total. The molecule has 106 valence electrons. The SMILES string of the molecule is COC(=O)C1CC(O)CN1CC(C#N)c1ccccc1. The lowest BCUT2D eigenvalue weighted by molar-refractivity contribution is -0.145. The number of methoxy groups -OCH3 is 1. The predicted octanol–water partition coefficient (Wildman–Crippen LogP) is 0.902. The van der Waals surface area contributed by atoms with Crippen LogP contribution in [-0.2, 0) is 9.53 Å². The van der Waals surface area contributed by atoms with E-state index in [-0.39, 0.29) is 11.9 Å². The van der Waals surface area contributed by atoms with Gasteiger partial charge in [-0.25, -0.2) is 0 Å². The summed E-state index contributed by atoms with van der Waals surface area (Å²) in [5.41, 5.74) is 0.917. The van der Waals surface area contributed by atoms with E-state index in [2.05, 4.69) is 6.07 Å². The van der Waals surface area contributed by atoms with E-state index in [1.807, 2.05) is 35.2 Å². The molecule has 3 atom stereocenters. The molecule has 0 aromatic heterocycles. The number of carbonyl (C=O) groups excluding carboxylic acids is 1. The van der Waals surface area contributed by atoms with Gasteiger partial charge in [-0.15, -0.1) is 0 Å². The molecule has 1 N–H and O–H groups in total. The summed E-state index contributed by atoms with van der Waals surface area (Å²) in [6.45, 7) is 0.808. The molecule has 0 radical (unpaired) electrons. The van der Waals surface area contributed by atoms with Crippen LogP contribution in [0.3, 0.4) is 0 Å². The van der Waals surface area contributed by atoms with Gasteiger partial charge in [-0.05, 0) is 5.56 Å². The van der Waals surface area contributed by atoms with Crippen LogP contribution in [-0.4, -0.2) is 48.3 Å². The Morgan fingerprint density at radius 3 is 2.85 bits per heavy atom. The molecule has 0 saturated carbocycles. The first kappa shape index (κ1) is 14.5. The van der Waals surface area contributed by atoms with Crippen LogP contribution in [0.2, 0.25) is 0 Å². The zero-order valence-corrected chi connectivity index (χ0v) is 11.4. The van der Waals surface area contributed by atoms with E-state index in [0.29, 0.717) is 19.5 Å². The lowest BCUT2D eigenvalue weighted by Crippen LogP contribution is -2.39. The summed E-state index contributed by atoms with van der Waals surface area (Å²) < 4.78 is 4.76. The smallest absolute Gasteiger partial charge is 0.323 e. The van der Waals surface area contributed by atoms with Gasteiger partial charge in [0.2, 0.25) is 0 Å². The Hall–Kier alpha value is -1.90. The number of aliphatic hydroxyl groups is 1. The van der Waals surface area contributed by atoms with Crippen molar-refractivity contribution in [3.63, 3.8) is 0 Å². The lowest BCUT2D eigenvalue weighted by Gasteiger charge is -2.24. The molecule has 0 bridgehead atoms. The predicted molar refractivity (Wildman–Crippen MR) is 72.8 cm³/mol. The Balaban J connectivity index is 2.11. The summed E-state index contributed by atoms with van der Waals surface area (Å²) in [6, 6.07) is 11.3.